The normalized spacial score (nSPS) is 12.5. The van der Waals surface area contributed by atoms with Crippen LogP contribution in [0, 0.1) is 0 Å². The zero-order chi connectivity index (χ0) is 13.9. The van der Waals surface area contributed by atoms with Crippen molar-refractivity contribution in [2.24, 2.45) is 0 Å². The highest BCUT2D eigenvalue weighted by atomic mass is 16.2. The number of urea groups is 1. The highest BCUT2D eigenvalue weighted by Crippen LogP contribution is 2.26. The second-order valence-electron chi connectivity index (χ2n) is 4.54. The Labute approximate surface area is 116 Å². The largest absolute Gasteiger partial charge is 0.326 e. The van der Waals surface area contributed by atoms with Crippen LogP contribution in [0.4, 0.5) is 21.9 Å². The smallest absolute Gasteiger partial charge is 0.323 e. The number of carbonyl (C=O) groups is 2. The molecule has 1 aliphatic rings. The first-order valence-electron chi connectivity index (χ1n) is 6.26. The summed E-state index contributed by atoms with van der Waals surface area (Å²) >= 11 is 0. The van der Waals surface area contributed by atoms with E-state index in [0.29, 0.717) is 12.1 Å². The number of anilines is 3. The molecule has 3 rings (SSSR count). The standard InChI is InChI=1S/C15H13N3O2/c19-14-9-10-8-12(6-7-13(10)18-14)17-15(20)16-11-4-2-1-3-5-11/h1-8H,9H2,(H,18,19)(H2,16,17,20). The zero-order valence-corrected chi connectivity index (χ0v) is 10.6. The number of fused-ring (bicyclic) bond motifs is 1. The summed E-state index contributed by atoms with van der Waals surface area (Å²) in [7, 11) is 0. The molecule has 0 saturated carbocycles. The molecular weight excluding hydrogens is 254 g/mol. The maximum atomic E-state index is 11.8. The van der Waals surface area contributed by atoms with Gasteiger partial charge in [-0.05, 0) is 35.9 Å². The average molecular weight is 267 g/mol. The van der Waals surface area contributed by atoms with E-state index in [4.69, 9.17) is 0 Å². The minimum Gasteiger partial charge on any atom is -0.326 e. The van der Waals surface area contributed by atoms with Gasteiger partial charge in [-0.15, -0.1) is 0 Å². The highest BCUT2D eigenvalue weighted by molar-refractivity contribution is 6.02. The van der Waals surface area contributed by atoms with Crippen LogP contribution >= 0.6 is 0 Å². The second kappa shape index (κ2) is 5.05. The Morgan fingerprint density at radius 1 is 1.00 bits per heavy atom. The van der Waals surface area contributed by atoms with Gasteiger partial charge in [-0.1, -0.05) is 18.2 Å². The van der Waals surface area contributed by atoms with Crippen LogP contribution in [0.2, 0.25) is 0 Å². The first kappa shape index (κ1) is 12.2. The molecule has 5 nitrogen and oxygen atoms in total. The van der Waals surface area contributed by atoms with Crippen molar-refractivity contribution in [1.29, 1.82) is 0 Å². The molecule has 1 aliphatic heterocycles. The number of hydrogen-bond donors (Lipinski definition) is 3. The summed E-state index contributed by atoms with van der Waals surface area (Å²) in [5.74, 6) is -0.0223. The minimum absolute atomic E-state index is 0.0223. The Morgan fingerprint density at radius 2 is 1.75 bits per heavy atom. The van der Waals surface area contributed by atoms with Crippen LogP contribution in [0.25, 0.3) is 0 Å². The maximum Gasteiger partial charge on any atom is 0.323 e. The molecule has 0 aliphatic carbocycles. The number of carbonyl (C=O) groups excluding carboxylic acids is 2. The fraction of sp³-hybridized carbons (Fsp3) is 0.0667. The van der Waals surface area contributed by atoms with Crippen LogP contribution in [0.1, 0.15) is 5.56 Å². The van der Waals surface area contributed by atoms with Crippen LogP contribution in [0.3, 0.4) is 0 Å². The first-order valence-corrected chi connectivity index (χ1v) is 6.26. The van der Waals surface area contributed by atoms with E-state index in [1.807, 2.05) is 30.3 Å². The third-order valence-corrected chi connectivity index (χ3v) is 3.02. The molecule has 3 N–H and O–H groups in total. The molecule has 5 heteroatoms. The van der Waals surface area contributed by atoms with Crippen molar-refractivity contribution < 1.29 is 9.59 Å². The van der Waals surface area contributed by atoms with Gasteiger partial charge in [0, 0.05) is 17.1 Å². The predicted octanol–water partition coefficient (Wildman–Crippen LogP) is 2.83. The number of amides is 3. The van der Waals surface area contributed by atoms with E-state index in [-0.39, 0.29) is 11.9 Å². The second-order valence-corrected chi connectivity index (χ2v) is 4.54. The average Bonchev–Trinajstić information content (AvgIpc) is 2.79. The zero-order valence-electron chi connectivity index (χ0n) is 10.6. The maximum absolute atomic E-state index is 11.8. The Hall–Kier alpha value is -2.82. The van der Waals surface area contributed by atoms with E-state index in [1.165, 1.54) is 0 Å². The van der Waals surface area contributed by atoms with Crippen molar-refractivity contribution in [3.63, 3.8) is 0 Å². The van der Waals surface area contributed by atoms with Crippen molar-refractivity contribution in [1.82, 2.24) is 0 Å². The molecule has 0 atom stereocenters. The fourth-order valence-electron chi connectivity index (χ4n) is 2.12. The summed E-state index contributed by atoms with van der Waals surface area (Å²) in [4.78, 5) is 23.1. The van der Waals surface area contributed by atoms with Gasteiger partial charge in [-0.25, -0.2) is 4.79 Å². The molecule has 0 bridgehead atoms. The molecule has 0 aromatic heterocycles. The Bertz CT molecular complexity index is 668. The number of benzene rings is 2. The topological polar surface area (TPSA) is 70.2 Å². The highest BCUT2D eigenvalue weighted by Gasteiger charge is 2.17. The summed E-state index contributed by atoms with van der Waals surface area (Å²) in [5.41, 5.74) is 3.09. The lowest BCUT2D eigenvalue weighted by molar-refractivity contribution is -0.115. The summed E-state index contributed by atoms with van der Waals surface area (Å²) in [6.45, 7) is 0. The van der Waals surface area contributed by atoms with Gasteiger partial charge in [0.1, 0.15) is 0 Å². The molecule has 2 aromatic rings. The summed E-state index contributed by atoms with van der Waals surface area (Å²) in [6, 6.07) is 14.2. The van der Waals surface area contributed by atoms with E-state index >= 15 is 0 Å². The third kappa shape index (κ3) is 2.61. The van der Waals surface area contributed by atoms with Gasteiger partial charge in [0.2, 0.25) is 5.91 Å². The van der Waals surface area contributed by atoms with Gasteiger partial charge in [-0.3, -0.25) is 4.79 Å². The lowest BCUT2D eigenvalue weighted by Gasteiger charge is -2.08. The first-order chi connectivity index (χ1) is 9.70. The van der Waals surface area contributed by atoms with Crippen molar-refractivity contribution in [3.8, 4) is 0 Å². The minimum atomic E-state index is -0.312. The van der Waals surface area contributed by atoms with E-state index in [1.54, 1.807) is 18.2 Å². The molecule has 0 saturated heterocycles. The van der Waals surface area contributed by atoms with Gasteiger partial charge in [0.15, 0.2) is 0 Å². The van der Waals surface area contributed by atoms with Crippen molar-refractivity contribution in [2.75, 3.05) is 16.0 Å². The lowest BCUT2D eigenvalue weighted by Crippen LogP contribution is -2.19. The number of hydrogen-bond acceptors (Lipinski definition) is 2. The van der Waals surface area contributed by atoms with Crippen molar-refractivity contribution in [3.05, 3.63) is 54.1 Å². The predicted molar refractivity (Wildman–Crippen MR) is 77.9 cm³/mol. The van der Waals surface area contributed by atoms with Crippen LogP contribution in [0.5, 0.6) is 0 Å². The monoisotopic (exact) mass is 267 g/mol. The summed E-state index contributed by atoms with van der Waals surface area (Å²) in [5, 5.41) is 8.23. The molecular formula is C15H13N3O2. The van der Waals surface area contributed by atoms with E-state index in [0.717, 1.165) is 16.9 Å². The van der Waals surface area contributed by atoms with Crippen molar-refractivity contribution >= 4 is 29.0 Å². The van der Waals surface area contributed by atoms with Crippen LogP contribution in [0.15, 0.2) is 48.5 Å². The number of para-hydroxylation sites is 1. The number of nitrogens with one attached hydrogen (secondary N) is 3. The van der Waals surface area contributed by atoms with Crippen LogP contribution < -0.4 is 16.0 Å². The summed E-state index contributed by atoms with van der Waals surface area (Å²) in [6.07, 6.45) is 0.352. The molecule has 0 fully saturated rings. The summed E-state index contributed by atoms with van der Waals surface area (Å²) < 4.78 is 0. The number of rotatable bonds is 2. The lowest BCUT2D eigenvalue weighted by atomic mass is 10.1. The molecule has 1 heterocycles. The van der Waals surface area contributed by atoms with E-state index < -0.39 is 0 Å². The molecule has 3 amide bonds. The quantitative estimate of drug-likeness (QED) is 0.783. The Balaban J connectivity index is 1.68. The van der Waals surface area contributed by atoms with Crippen LogP contribution in [-0.4, -0.2) is 11.9 Å². The molecule has 0 radical (unpaired) electrons. The van der Waals surface area contributed by atoms with Gasteiger partial charge >= 0.3 is 6.03 Å². The Kier molecular flexibility index (Phi) is 3.09. The molecule has 2 aromatic carbocycles. The third-order valence-electron chi connectivity index (χ3n) is 3.02. The Morgan fingerprint density at radius 3 is 2.55 bits per heavy atom. The van der Waals surface area contributed by atoms with Crippen LogP contribution in [-0.2, 0) is 11.2 Å². The molecule has 100 valence electrons. The van der Waals surface area contributed by atoms with E-state index in [2.05, 4.69) is 16.0 Å². The van der Waals surface area contributed by atoms with Gasteiger partial charge in [-0.2, -0.15) is 0 Å². The van der Waals surface area contributed by atoms with Gasteiger partial charge < -0.3 is 16.0 Å². The van der Waals surface area contributed by atoms with Crippen molar-refractivity contribution in [2.45, 2.75) is 6.42 Å². The van der Waals surface area contributed by atoms with E-state index in [9.17, 15) is 9.59 Å². The fourth-order valence-corrected chi connectivity index (χ4v) is 2.12. The molecule has 0 spiro atoms. The molecule has 0 unspecified atom stereocenters. The SMILES string of the molecule is O=C1Cc2cc(NC(=O)Nc3ccccc3)ccc2N1. The van der Waals surface area contributed by atoms with Gasteiger partial charge in [0.25, 0.3) is 0 Å². The molecule has 20 heavy (non-hydrogen) atoms. The van der Waals surface area contributed by atoms with Gasteiger partial charge in [0.05, 0.1) is 6.42 Å².